The van der Waals surface area contributed by atoms with Gasteiger partial charge < -0.3 is 15.8 Å². The molecule has 3 N–H and O–H groups in total. The number of nitrogens with two attached hydrogens (primary N) is 1. The summed E-state index contributed by atoms with van der Waals surface area (Å²) in [6, 6.07) is 4.77. The van der Waals surface area contributed by atoms with Gasteiger partial charge in [-0.3, -0.25) is 0 Å². The molecule has 0 radical (unpaired) electrons. The monoisotopic (exact) mass is 291 g/mol. The summed E-state index contributed by atoms with van der Waals surface area (Å²) < 4.78 is 14.3. The van der Waals surface area contributed by atoms with Crippen molar-refractivity contribution in [2.75, 3.05) is 18.0 Å². The molecule has 1 heterocycles. The van der Waals surface area contributed by atoms with Gasteiger partial charge in [0, 0.05) is 18.7 Å². The predicted octanol–water partition coefficient (Wildman–Crippen LogP) is 3.08. The van der Waals surface area contributed by atoms with E-state index >= 15 is 0 Å². The first-order chi connectivity index (χ1) is 10.1. The molecule has 1 aliphatic carbocycles. The second-order valence-corrected chi connectivity index (χ2v) is 6.35. The summed E-state index contributed by atoms with van der Waals surface area (Å²) in [6.45, 7) is 1.83. The Labute approximate surface area is 124 Å². The van der Waals surface area contributed by atoms with Crippen molar-refractivity contribution in [3.63, 3.8) is 0 Å². The Balaban J connectivity index is 1.73. The molecule has 4 nitrogen and oxygen atoms in total. The maximum Gasteiger partial charge on any atom is 0.170 e. The third-order valence-corrected chi connectivity index (χ3v) is 5.18. The lowest BCUT2D eigenvalue weighted by Crippen LogP contribution is -2.39. The van der Waals surface area contributed by atoms with E-state index in [-0.39, 0.29) is 11.7 Å². The zero-order valence-electron chi connectivity index (χ0n) is 12.2. The molecule has 0 bridgehead atoms. The lowest BCUT2D eigenvalue weighted by atomic mass is 9.77. The second-order valence-electron chi connectivity index (χ2n) is 6.35. The van der Waals surface area contributed by atoms with Gasteiger partial charge in [0.25, 0.3) is 0 Å². The van der Waals surface area contributed by atoms with Crippen LogP contribution in [0, 0.1) is 11.2 Å². The number of nitrogens with zero attached hydrogens (tertiary/aromatic N) is 2. The highest BCUT2D eigenvalue weighted by molar-refractivity contribution is 5.97. The van der Waals surface area contributed by atoms with E-state index in [1.165, 1.54) is 31.7 Å². The molecule has 1 saturated carbocycles. The van der Waals surface area contributed by atoms with Crippen molar-refractivity contribution in [1.82, 2.24) is 0 Å². The summed E-state index contributed by atoms with van der Waals surface area (Å²) in [5, 5.41) is 11.5. The molecule has 5 heteroatoms. The largest absolute Gasteiger partial charge is 0.409 e. The number of benzene rings is 1. The van der Waals surface area contributed by atoms with Gasteiger partial charge in [0.1, 0.15) is 5.82 Å². The molecule has 2 aliphatic rings. The lowest BCUT2D eigenvalue weighted by molar-refractivity contribution is 0.226. The second kappa shape index (κ2) is 5.54. The highest BCUT2D eigenvalue weighted by Crippen LogP contribution is 2.46. The quantitative estimate of drug-likeness (QED) is 0.381. The average Bonchev–Trinajstić information content (AvgIpc) is 2.96. The van der Waals surface area contributed by atoms with Crippen LogP contribution >= 0.6 is 0 Å². The van der Waals surface area contributed by atoms with Crippen molar-refractivity contribution in [3.8, 4) is 0 Å². The van der Waals surface area contributed by atoms with Crippen molar-refractivity contribution in [2.24, 2.45) is 16.3 Å². The number of oxime groups is 1. The van der Waals surface area contributed by atoms with Crippen LogP contribution in [-0.4, -0.2) is 24.1 Å². The lowest BCUT2D eigenvalue weighted by Gasteiger charge is -2.40. The molecule has 3 rings (SSSR count). The third-order valence-electron chi connectivity index (χ3n) is 5.18. The van der Waals surface area contributed by atoms with Gasteiger partial charge in [-0.05, 0) is 49.3 Å². The molecular formula is C16H22FN3O. The summed E-state index contributed by atoms with van der Waals surface area (Å²) in [4.78, 5) is 2.12. The number of hydrogen-bond acceptors (Lipinski definition) is 3. The Kier molecular flexibility index (Phi) is 3.74. The van der Waals surface area contributed by atoms with E-state index in [2.05, 4.69) is 10.1 Å². The first kappa shape index (κ1) is 14.2. The van der Waals surface area contributed by atoms with E-state index in [1.54, 1.807) is 12.1 Å². The van der Waals surface area contributed by atoms with Gasteiger partial charge in [-0.25, -0.2) is 4.39 Å². The van der Waals surface area contributed by atoms with Crippen molar-refractivity contribution in [3.05, 3.63) is 29.6 Å². The summed E-state index contributed by atoms with van der Waals surface area (Å²) in [5.41, 5.74) is 7.05. The molecular weight excluding hydrogens is 269 g/mol. The molecule has 1 aromatic carbocycles. The molecule has 1 aromatic rings. The molecule has 1 aliphatic heterocycles. The topological polar surface area (TPSA) is 61.9 Å². The van der Waals surface area contributed by atoms with Crippen molar-refractivity contribution >= 4 is 11.5 Å². The third kappa shape index (κ3) is 2.69. The smallest absolute Gasteiger partial charge is 0.170 e. The number of rotatable bonds is 2. The van der Waals surface area contributed by atoms with Gasteiger partial charge in [-0.1, -0.05) is 18.0 Å². The maximum atomic E-state index is 14.3. The first-order valence-electron chi connectivity index (χ1n) is 7.66. The fourth-order valence-corrected chi connectivity index (χ4v) is 3.83. The molecule has 21 heavy (non-hydrogen) atoms. The van der Waals surface area contributed by atoms with Crippen molar-refractivity contribution in [1.29, 1.82) is 0 Å². The van der Waals surface area contributed by atoms with Crippen LogP contribution in [0.25, 0.3) is 0 Å². The van der Waals surface area contributed by atoms with Crippen LogP contribution in [0.1, 0.15) is 44.1 Å². The molecule has 1 spiro atoms. The summed E-state index contributed by atoms with van der Waals surface area (Å²) in [6.07, 6.45) is 7.70. The zero-order valence-corrected chi connectivity index (χ0v) is 12.2. The van der Waals surface area contributed by atoms with Crippen LogP contribution in [0.4, 0.5) is 10.1 Å². The van der Waals surface area contributed by atoms with E-state index in [4.69, 9.17) is 10.9 Å². The molecule has 0 aromatic heterocycles. The fourth-order valence-electron chi connectivity index (χ4n) is 3.83. The Hall–Kier alpha value is -1.78. The number of hydrogen-bond donors (Lipinski definition) is 2. The van der Waals surface area contributed by atoms with E-state index < -0.39 is 0 Å². The summed E-state index contributed by atoms with van der Waals surface area (Å²) in [7, 11) is 0. The Bertz CT molecular complexity index is 542. The minimum atomic E-state index is -0.304. The highest BCUT2D eigenvalue weighted by Gasteiger charge is 2.37. The van der Waals surface area contributed by atoms with Crippen molar-refractivity contribution < 1.29 is 9.60 Å². The van der Waals surface area contributed by atoms with Crippen LogP contribution < -0.4 is 10.6 Å². The first-order valence-corrected chi connectivity index (χ1v) is 7.66. The maximum absolute atomic E-state index is 14.3. The number of halogens is 1. The van der Waals surface area contributed by atoms with Gasteiger partial charge >= 0.3 is 0 Å². The molecule has 1 saturated heterocycles. The number of piperidine rings is 1. The van der Waals surface area contributed by atoms with Crippen LogP contribution in [0.15, 0.2) is 23.4 Å². The van der Waals surface area contributed by atoms with E-state index in [0.717, 1.165) is 25.9 Å². The normalized spacial score (nSPS) is 22.0. The van der Waals surface area contributed by atoms with Gasteiger partial charge in [-0.2, -0.15) is 0 Å². The summed E-state index contributed by atoms with van der Waals surface area (Å²) >= 11 is 0. The van der Waals surface area contributed by atoms with E-state index in [0.29, 0.717) is 16.7 Å². The van der Waals surface area contributed by atoms with E-state index in [1.807, 2.05) is 0 Å². The van der Waals surface area contributed by atoms with E-state index in [9.17, 15) is 4.39 Å². The van der Waals surface area contributed by atoms with Gasteiger partial charge in [0.05, 0.1) is 5.69 Å². The van der Waals surface area contributed by atoms with Crippen LogP contribution in [0.2, 0.25) is 0 Å². The molecule has 0 atom stereocenters. The SMILES string of the molecule is NC(=NO)c1ccc(N2CCC3(CCCC3)CC2)c(F)c1. The van der Waals surface area contributed by atoms with Gasteiger partial charge in [0.15, 0.2) is 5.84 Å². The molecule has 2 fully saturated rings. The molecule has 0 amide bonds. The summed E-state index contributed by atoms with van der Waals surface area (Å²) in [5.74, 6) is -0.370. The van der Waals surface area contributed by atoms with Crippen molar-refractivity contribution in [2.45, 2.75) is 38.5 Å². The highest BCUT2D eigenvalue weighted by atomic mass is 19.1. The van der Waals surface area contributed by atoms with Gasteiger partial charge in [0.2, 0.25) is 0 Å². The van der Waals surface area contributed by atoms with Crippen LogP contribution in [-0.2, 0) is 0 Å². The number of amidine groups is 1. The van der Waals surface area contributed by atoms with Crippen LogP contribution in [0.3, 0.4) is 0 Å². The Morgan fingerprint density at radius 3 is 2.43 bits per heavy atom. The minimum absolute atomic E-state index is 0.0657. The zero-order chi connectivity index (χ0) is 14.9. The standard InChI is InChI=1S/C16H22FN3O/c17-13-11-12(15(18)19-21)3-4-14(13)20-9-7-16(8-10-20)5-1-2-6-16/h3-4,11,21H,1-2,5-10H2,(H2,18,19). The van der Waals surface area contributed by atoms with Gasteiger partial charge in [-0.15, -0.1) is 0 Å². The average molecular weight is 291 g/mol. The Morgan fingerprint density at radius 2 is 1.86 bits per heavy atom. The minimum Gasteiger partial charge on any atom is -0.409 e. The number of anilines is 1. The predicted molar refractivity (Wildman–Crippen MR) is 81.3 cm³/mol. The Morgan fingerprint density at radius 1 is 1.19 bits per heavy atom. The molecule has 114 valence electrons. The fraction of sp³-hybridized carbons (Fsp3) is 0.562. The molecule has 0 unspecified atom stereocenters. The van der Waals surface area contributed by atoms with Crippen LogP contribution in [0.5, 0.6) is 0 Å².